The Labute approximate surface area is 183 Å². The number of aliphatic hydroxyl groups excluding tert-OH is 1. The molecule has 9 heteroatoms. The Morgan fingerprint density at radius 2 is 2.06 bits per heavy atom. The number of aryl methyl sites for hydroxylation is 1. The van der Waals surface area contributed by atoms with E-state index in [1.807, 2.05) is 13.0 Å². The number of aliphatic hydroxyl groups is 1. The molecular formula is C23H22FN5O3. The predicted octanol–water partition coefficient (Wildman–Crippen LogP) is 3.03. The molecule has 8 nitrogen and oxygen atoms in total. The van der Waals surface area contributed by atoms with Crippen molar-refractivity contribution in [1.82, 2.24) is 14.6 Å². The summed E-state index contributed by atoms with van der Waals surface area (Å²) in [7, 11) is 0. The first-order valence-electron chi connectivity index (χ1n) is 9.95. The first kappa shape index (κ1) is 21.4. The molecule has 2 aromatic heterocycles. The van der Waals surface area contributed by atoms with Crippen molar-refractivity contribution < 1.29 is 19.4 Å². The topological polar surface area (TPSA) is 126 Å². The maximum absolute atomic E-state index is 14.1. The summed E-state index contributed by atoms with van der Waals surface area (Å²) < 4.78 is 15.6. The van der Waals surface area contributed by atoms with E-state index in [2.05, 4.69) is 15.4 Å². The number of fused-ring (bicyclic) bond motifs is 1. The van der Waals surface area contributed by atoms with Crippen molar-refractivity contribution in [2.75, 3.05) is 5.32 Å². The van der Waals surface area contributed by atoms with Crippen LogP contribution in [0.15, 0.2) is 54.7 Å². The fourth-order valence-electron chi connectivity index (χ4n) is 3.54. The van der Waals surface area contributed by atoms with E-state index in [0.717, 1.165) is 5.56 Å². The highest BCUT2D eigenvalue weighted by molar-refractivity contribution is 5.74. The van der Waals surface area contributed by atoms with Gasteiger partial charge in [-0.3, -0.25) is 4.79 Å². The van der Waals surface area contributed by atoms with Crippen LogP contribution in [-0.4, -0.2) is 30.8 Å². The first-order valence-corrected chi connectivity index (χ1v) is 9.95. The number of anilines is 1. The molecule has 0 fully saturated rings. The lowest BCUT2D eigenvalue weighted by molar-refractivity contribution is -0.136. The summed E-state index contributed by atoms with van der Waals surface area (Å²) in [5.74, 6) is -1.22. The minimum Gasteiger partial charge on any atom is -0.481 e. The minimum atomic E-state index is -1.27. The molecule has 4 aromatic rings. The fraction of sp³-hybridized carbons (Fsp3) is 0.174. The second kappa shape index (κ2) is 8.74. The Bertz CT molecular complexity index is 1300. The molecule has 0 aliphatic rings. The molecule has 1 unspecified atom stereocenters. The van der Waals surface area contributed by atoms with Crippen LogP contribution in [0.5, 0.6) is 0 Å². The highest BCUT2D eigenvalue weighted by atomic mass is 19.1. The quantitative estimate of drug-likeness (QED) is 0.329. The average Bonchev–Trinajstić information content (AvgIpc) is 3.23. The summed E-state index contributed by atoms with van der Waals surface area (Å²) >= 11 is 0. The van der Waals surface area contributed by atoms with Crippen LogP contribution < -0.4 is 11.1 Å². The highest BCUT2D eigenvalue weighted by Crippen LogP contribution is 2.27. The van der Waals surface area contributed by atoms with E-state index in [9.17, 15) is 19.4 Å². The lowest BCUT2D eigenvalue weighted by atomic mass is 10.1. The maximum Gasteiger partial charge on any atom is 0.307 e. The summed E-state index contributed by atoms with van der Waals surface area (Å²) in [4.78, 5) is 15.7. The number of nitrogens with one attached hydrogen (secondary N) is 1. The van der Waals surface area contributed by atoms with Crippen LogP contribution in [-0.2, 0) is 17.8 Å². The maximum atomic E-state index is 14.1. The standard InChI is InChI=1S/C23H22FN5O3/c1-13-4-5-15(11-20(30)31)18(7-13)26-23(32)21-19-3-2-6-29(19)28-22(27-21)16-8-14(12-25)9-17(24)10-16/h2-10,23,26,32H,11-12,25H2,1H3,(H,30,31). The van der Waals surface area contributed by atoms with Crippen molar-refractivity contribution in [3.63, 3.8) is 0 Å². The third-order valence-electron chi connectivity index (χ3n) is 5.03. The van der Waals surface area contributed by atoms with Crippen LogP contribution in [0.25, 0.3) is 16.9 Å². The fourth-order valence-corrected chi connectivity index (χ4v) is 3.54. The van der Waals surface area contributed by atoms with Crippen molar-refractivity contribution in [3.05, 3.63) is 82.9 Å². The molecule has 0 saturated heterocycles. The number of nitrogens with zero attached hydrogens (tertiary/aromatic N) is 3. The number of hydrogen-bond acceptors (Lipinski definition) is 6. The van der Waals surface area contributed by atoms with Gasteiger partial charge in [-0.15, -0.1) is 5.10 Å². The predicted molar refractivity (Wildman–Crippen MR) is 117 cm³/mol. The van der Waals surface area contributed by atoms with Crippen LogP contribution in [0.1, 0.15) is 28.6 Å². The highest BCUT2D eigenvalue weighted by Gasteiger charge is 2.19. The van der Waals surface area contributed by atoms with Crippen molar-refractivity contribution in [3.8, 4) is 11.4 Å². The molecule has 164 valence electrons. The number of nitrogens with two attached hydrogens (primary N) is 1. The number of rotatable bonds is 7. The number of hydrogen-bond donors (Lipinski definition) is 4. The molecule has 2 aromatic carbocycles. The van der Waals surface area contributed by atoms with Gasteiger partial charge in [-0.2, -0.15) is 0 Å². The molecule has 0 saturated carbocycles. The first-order chi connectivity index (χ1) is 15.3. The lowest BCUT2D eigenvalue weighted by Crippen LogP contribution is -2.16. The molecule has 0 radical (unpaired) electrons. The number of benzene rings is 2. The molecule has 32 heavy (non-hydrogen) atoms. The number of carboxylic acids is 1. The van der Waals surface area contributed by atoms with Gasteiger partial charge < -0.3 is 21.3 Å². The number of carboxylic acid groups (broad SMARTS) is 1. The van der Waals surface area contributed by atoms with Crippen molar-refractivity contribution in [2.24, 2.45) is 5.73 Å². The zero-order valence-corrected chi connectivity index (χ0v) is 17.3. The molecule has 0 bridgehead atoms. The largest absolute Gasteiger partial charge is 0.481 e. The van der Waals surface area contributed by atoms with Gasteiger partial charge >= 0.3 is 5.97 Å². The molecule has 4 rings (SSSR count). The van der Waals surface area contributed by atoms with E-state index in [1.165, 1.54) is 12.1 Å². The van der Waals surface area contributed by atoms with E-state index in [-0.39, 0.29) is 24.5 Å². The summed E-state index contributed by atoms with van der Waals surface area (Å²) in [5, 5.41) is 27.6. The van der Waals surface area contributed by atoms with E-state index in [0.29, 0.717) is 27.9 Å². The Morgan fingerprint density at radius 3 is 2.81 bits per heavy atom. The van der Waals surface area contributed by atoms with E-state index >= 15 is 0 Å². The summed E-state index contributed by atoms with van der Waals surface area (Å²) in [6.45, 7) is 2.03. The van der Waals surface area contributed by atoms with Gasteiger partial charge in [-0.05, 0) is 60.0 Å². The molecule has 0 amide bonds. The number of aromatic nitrogens is 3. The number of halogens is 1. The summed E-state index contributed by atoms with van der Waals surface area (Å²) in [5.41, 5.74) is 9.41. The molecule has 1 atom stereocenters. The van der Waals surface area contributed by atoms with Gasteiger partial charge in [0.2, 0.25) is 0 Å². The van der Waals surface area contributed by atoms with Gasteiger partial charge in [0.1, 0.15) is 11.5 Å². The molecule has 0 aliphatic carbocycles. The van der Waals surface area contributed by atoms with E-state index in [4.69, 9.17) is 5.73 Å². The summed E-state index contributed by atoms with van der Waals surface area (Å²) in [6, 6.07) is 13.1. The van der Waals surface area contributed by atoms with Gasteiger partial charge in [0.05, 0.1) is 11.9 Å². The lowest BCUT2D eigenvalue weighted by Gasteiger charge is -2.18. The van der Waals surface area contributed by atoms with E-state index in [1.54, 1.807) is 41.0 Å². The zero-order valence-electron chi connectivity index (χ0n) is 17.3. The second-order valence-electron chi connectivity index (χ2n) is 7.49. The third-order valence-corrected chi connectivity index (χ3v) is 5.03. The summed E-state index contributed by atoms with van der Waals surface area (Å²) in [6.07, 6.45) is 0.226. The zero-order chi connectivity index (χ0) is 22.8. The number of aliphatic carboxylic acids is 1. The SMILES string of the molecule is Cc1ccc(CC(=O)O)c(NC(O)c2nc(-c3cc(F)cc(CN)c3)nn3cccc23)c1. The Balaban J connectivity index is 1.77. The molecule has 5 N–H and O–H groups in total. The smallest absolute Gasteiger partial charge is 0.307 e. The van der Waals surface area contributed by atoms with E-state index < -0.39 is 18.0 Å². The second-order valence-corrected chi connectivity index (χ2v) is 7.49. The van der Waals surface area contributed by atoms with Crippen molar-refractivity contribution in [1.29, 1.82) is 0 Å². The van der Waals surface area contributed by atoms with Crippen LogP contribution >= 0.6 is 0 Å². The van der Waals surface area contributed by atoms with Gasteiger partial charge in [0.15, 0.2) is 12.1 Å². The van der Waals surface area contributed by atoms with Crippen molar-refractivity contribution >= 4 is 17.2 Å². The van der Waals surface area contributed by atoms with Crippen molar-refractivity contribution in [2.45, 2.75) is 26.1 Å². The van der Waals surface area contributed by atoms with Crippen LogP contribution in [0, 0.1) is 12.7 Å². The van der Waals surface area contributed by atoms with Gasteiger partial charge in [-0.1, -0.05) is 12.1 Å². The average molecular weight is 435 g/mol. The Kier molecular flexibility index (Phi) is 5.85. The third kappa shape index (κ3) is 4.43. The molecule has 0 spiro atoms. The monoisotopic (exact) mass is 435 g/mol. The minimum absolute atomic E-state index is 0.160. The molecular weight excluding hydrogens is 413 g/mol. The Hall–Kier alpha value is -3.82. The van der Waals surface area contributed by atoms with Crippen LogP contribution in [0.2, 0.25) is 0 Å². The Morgan fingerprint density at radius 1 is 1.25 bits per heavy atom. The van der Waals surface area contributed by atoms with Gasteiger partial charge in [0.25, 0.3) is 0 Å². The van der Waals surface area contributed by atoms with Gasteiger partial charge in [-0.25, -0.2) is 13.9 Å². The molecule has 0 aliphatic heterocycles. The van der Waals surface area contributed by atoms with Gasteiger partial charge in [0, 0.05) is 24.0 Å². The normalized spacial score (nSPS) is 12.1. The van der Waals surface area contributed by atoms with Crippen LogP contribution in [0.4, 0.5) is 10.1 Å². The molecule has 2 heterocycles. The number of carbonyl (C=O) groups is 1. The van der Waals surface area contributed by atoms with Crippen LogP contribution in [0.3, 0.4) is 0 Å².